The zero-order valence-electron chi connectivity index (χ0n) is 21.9. The highest BCUT2D eigenvalue weighted by Gasteiger charge is 2.20. The second-order valence-electron chi connectivity index (χ2n) is 10.2. The summed E-state index contributed by atoms with van der Waals surface area (Å²) >= 11 is 14.1. The van der Waals surface area contributed by atoms with Crippen molar-refractivity contribution in [3.05, 3.63) is 75.1 Å². The van der Waals surface area contributed by atoms with Gasteiger partial charge in [-0.25, -0.2) is 0 Å². The van der Waals surface area contributed by atoms with Gasteiger partial charge in [0.05, 0.1) is 5.00 Å². The molecule has 0 amide bonds. The Kier molecular flexibility index (Phi) is 10.8. The van der Waals surface area contributed by atoms with Crippen molar-refractivity contribution in [2.24, 2.45) is 17.6 Å². The van der Waals surface area contributed by atoms with Crippen molar-refractivity contribution in [2.75, 3.05) is 18.4 Å². The van der Waals surface area contributed by atoms with Crippen LogP contribution in [0.3, 0.4) is 0 Å². The number of hydrogen-bond acceptors (Lipinski definition) is 5. The predicted molar refractivity (Wildman–Crippen MR) is 158 cm³/mol. The van der Waals surface area contributed by atoms with Crippen LogP contribution in [-0.2, 0) is 9.59 Å². The minimum absolute atomic E-state index is 0.00494. The van der Waals surface area contributed by atoms with Gasteiger partial charge in [-0.1, -0.05) is 75.2 Å². The van der Waals surface area contributed by atoms with E-state index in [4.69, 9.17) is 28.9 Å². The van der Waals surface area contributed by atoms with Gasteiger partial charge in [0.25, 0.3) is 0 Å². The molecule has 3 N–H and O–H groups in total. The minimum atomic E-state index is -0.0521. The average molecular weight is 560 g/mol. The van der Waals surface area contributed by atoms with Crippen LogP contribution in [0.4, 0.5) is 5.00 Å². The first-order chi connectivity index (χ1) is 17.6. The van der Waals surface area contributed by atoms with E-state index in [1.807, 2.05) is 52.0 Å². The Morgan fingerprint density at radius 3 is 2.05 bits per heavy atom. The van der Waals surface area contributed by atoms with E-state index in [-0.39, 0.29) is 35.2 Å². The standard InChI is InChI=1S/C30H36Cl2N2O2S/c1-18(2)28(35)11-23(15-33)20-6-5-7-21(8-20)25-13-30(37-17-25)34-16-24(12-29(36)19(3)4)22-9-26(31)14-27(32)10-22/h5-10,13-14,17-19,23-24,34H,11-12,15-16,33H2,1-4H3/t23-,24-/m0/s1. The van der Waals surface area contributed by atoms with Gasteiger partial charge >= 0.3 is 0 Å². The Labute approximate surface area is 234 Å². The molecule has 1 heterocycles. The van der Waals surface area contributed by atoms with Crippen LogP contribution in [0.5, 0.6) is 0 Å². The topological polar surface area (TPSA) is 72.2 Å². The first kappa shape index (κ1) is 29.4. The molecule has 0 unspecified atom stereocenters. The summed E-state index contributed by atoms with van der Waals surface area (Å²) in [6, 6.07) is 15.9. The number of hydrogen-bond donors (Lipinski definition) is 2. The molecule has 0 spiro atoms. The van der Waals surface area contributed by atoms with Crippen LogP contribution in [0, 0.1) is 11.8 Å². The molecule has 2 atom stereocenters. The molecule has 37 heavy (non-hydrogen) atoms. The molecule has 7 heteroatoms. The van der Waals surface area contributed by atoms with E-state index >= 15 is 0 Å². The third kappa shape index (κ3) is 8.41. The summed E-state index contributed by atoms with van der Waals surface area (Å²) in [6.45, 7) is 8.72. The van der Waals surface area contributed by atoms with Crippen molar-refractivity contribution >= 4 is 51.1 Å². The Hall–Kier alpha value is -2.18. The van der Waals surface area contributed by atoms with Gasteiger partial charge in [-0.2, -0.15) is 0 Å². The van der Waals surface area contributed by atoms with Crippen LogP contribution in [0.15, 0.2) is 53.9 Å². The first-order valence-corrected chi connectivity index (χ1v) is 14.3. The molecule has 1 aromatic heterocycles. The predicted octanol–water partition coefficient (Wildman–Crippen LogP) is 8.19. The maximum absolute atomic E-state index is 12.6. The summed E-state index contributed by atoms with van der Waals surface area (Å²) in [6.07, 6.45) is 0.870. The number of benzene rings is 2. The van der Waals surface area contributed by atoms with Gasteiger partial charge < -0.3 is 11.1 Å². The van der Waals surface area contributed by atoms with Crippen molar-refractivity contribution in [3.8, 4) is 11.1 Å². The van der Waals surface area contributed by atoms with Crippen LogP contribution in [0.2, 0.25) is 10.0 Å². The van der Waals surface area contributed by atoms with Crippen LogP contribution < -0.4 is 11.1 Å². The number of carbonyl (C=O) groups excluding carboxylic acids is 2. The molecule has 3 aromatic rings. The summed E-state index contributed by atoms with van der Waals surface area (Å²) in [5.41, 5.74) is 10.3. The highest BCUT2D eigenvalue weighted by Crippen LogP contribution is 2.33. The lowest BCUT2D eigenvalue weighted by Gasteiger charge is -2.19. The van der Waals surface area contributed by atoms with Gasteiger partial charge in [-0.05, 0) is 53.1 Å². The van der Waals surface area contributed by atoms with E-state index in [1.54, 1.807) is 17.4 Å². The zero-order valence-corrected chi connectivity index (χ0v) is 24.2. The lowest BCUT2D eigenvalue weighted by molar-refractivity contribution is -0.123. The van der Waals surface area contributed by atoms with Gasteiger partial charge in [0.15, 0.2) is 0 Å². The number of nitrogens with one attached hydrogen (secondary N) is 1. The molecule has 0 aliphatic heterocycles. The second kappa shape index (κ2) is 13.6. The number of ketones is 2. The Bertz CT molecular complexity index is 1200. The van der Waals surface area contributed by atoms with E-state index in [0.29, 0.717) is 36.0 Å². The van der Waals surface area contributed by atoms with Crippen molar-refractivity contribution in [3.63, 3.8) is 0 Å². The van der Waals surface area contributed by atoms with E-state index in [2.05, 4.69) is 28.9 Å². The number of anilines is 1. The van der Waals surface area contributed by atoms with Crippen LogP contribution in [0.25, 0.3) is 11.1 Å². The van der Waals surface area contributed by atoms with Crippen LogP contribution in [-0.4, -0.2) is 24.7 Å². The molecule has 0 saturated carbocycles. The van der Waals surface area contributed by atoms with E-state index in [9.17, 15) is 9.59 Å². The molecule has 198 valence electrons. The largest absolute Gasteiger partial charge is 0.376 e. The fourth-order valence-corrected chi connectivity index (χ4v) is 5.55. The van der Waals surface area contributed by atoms with Gasteiger partial charge in [0.1, 0.15) is 11.6 Å². The Morgan fingerprint density at radius 1 is 0.838 bits per heavy atom. The number of halogens is 2. The maximum Gasteiger partial charge on any atom is 0.136 e. The number of carbonyl (C=O) groups is 2. The molecular weight excluding hydrogens is 523 g/mol. The molecule has 0 radical (unpaired) electrons. The fraction of sp³-hybridized carbons (Fsp3) is 0.400. The van der Waals surface area contributed by atoms with Crippen molar-refractivity contribution in [1.29, 1.82) is 0 Å². The maximum atomic E-state index is 12.6. The van der Waals surface area contributed by atoms with Gasteiger partial charge in [-0.15, -0.1) is 11.3 Å². The SMILES string of the molecule is CC(C)C(=O)C[C@@H](CN)c1cccc(-c2csc(NC[C@H](CC(=O)C(C)C)c3cc(Cl)cc(Cl)c3)c2)c1. The van der Waals surface area contributed by atoms with Gasteiger partial charge in [-0.3, -0.25) is 9.59 Å². The number of Topliss-reactive ketones (excluding diaryl/α,β-unsaturated/α-hetero) is 2. The van der Waals surface area contributed by atoms with Gasteiger partial charge in [0.2, 0.25) is 0 Å². The highest BCUT2D eigenvalue weighted by atomic mass is 35.5. The van der Waals surface area contributed by atoms with Crippen LogP contribution in [0.1, 0.15) is 63.5 Å². The summed E-state index contributed by atoms with van der Waals surface area (Å²) in [5.74, 6) is 0.362. The van der Waals surface area contributed by atoms with E-state index in [0.717, 1.165) is 27.3 Å². The first-order valence-electron chi connectivity index (χ1n) is 12.7. The molecule has 0 aliphatic carbocycles. The number of rotatable bonds is 13. The Morgan fingerprint density at radius 2 is 1.46 bits per heavy atom. The lowest BCUT2D eigenvalue weighted by atomic mass is 9.89. The average Bonchev–Trinajstić information content (AvgIpc) is 3.33. The third-order valence-electron chi connectivity index (χ3n) is 6.64. The number of nitrogens with two attached hydrogens (primary N) is 1. The summed E-state index contributed by atoms with van der Waals surface area (Å²) in [7, 11) is 0. The minimum Gasteiger partial charge on any atom is -0.376 e. The molecule has 3 rings (SSSR count). The van der Waals surface area contributed by atoms with Crippen molar-refractivity contribution in [2.45, 2.75) is 52.4 Å². The molecule has 0 fully saturated rings. The second-order valence-corrected chi connectivity index (χ2v) is 12.0. The smallest absolute Gasteiger partial charge is 0.136 e. The van der Waals surface area contributed by atoms with E-state index < -0.39 is 0 Å². The normalized spacial score (nSPS) is 13.1. The molecule has 0 aliphatic rings. The van der Waals surface area contributed by atoms with Gasteiger partial charge in [0, 0.05) is 58.5 Å². The fourth-order valence-electron chi connectivity index (χ4n) is 4.19. The molecule has 4 nitrogen and oxygen atoms in total. The summed E-state index contributed by atoms with van der Waals surface area (Å²) < 4.78 is 0. The van der Waals surface area contributed by atoms with Crippen LogP contribution >= 0.6 is 34.5 Å². The summed E-state index contributed by atoms with van der Waals surface area (Å²) in [5, 5.41) is 7.77. The van der Waals surface area contributed by atoms with Crippen molar-refractivity contribution in [1.82, 2.24) is 0 Å². The van der Waals surface area contributed by atoms with Crippen molar-refractivity contribution < 1.29 is 9.59 Å². The monoisotopic (exact) mass is 558 g/mol. The molecule has 0 bridgehead atoms. The third-order valence-corrected chi connectivity index (χ3v) is 7.96. The molecule has 0 saturated heterocycles. The lowest BCUT2D eigenvalue weighted by Crippen LogP contribution is -2.19. The quantitative estimate of drug-likeness (QED) is 0.222. The highest BCUT2D eigenvalue weighted by molar-refractivity contribution is 7.14. The number of thiophene rings is 1. The van der Waals surface area contributed by atoms with E-state index in [1.165, 1.54) is 0 Å². The zero-order chi connectivity index (χ0) is 27.1. The molecular formula is C30H36Cl2N2O2S. The molecule has 2 aromatic carbocycles. The summed E-state index contributed by atoms with van der Waals surface area (Å²) in [4.78, 5) is 24.9. The Balaban J connectivity index is 1.76.